The summed E-state index contributed by atoms with van der Waals surface area (Å²) < 4.78 is 33.6. The third kappa shape index (κ3) is 26.8. The average Bonchev–Trinajstić information content (AvgIpc) is 2.80. The summed E-state index contributed by atoms with van der Waals surface area (Å²) >= 11 is 0. The van der Waals surface area contributed by atoms with Crippen LogP contribution in [0.5, 0.6) is 0 Å². The van der Waals surface area contributed by atoms with Gasteiger partial charge in [0.15, 0.2) is 0 Å². The van der Waals surface area contributed by atoms with E-state index in [1.165, 1.54) is 84.0 Å². The van der Waals surface area contributed by atoms with Gasteiger partial charge in [0.25, 0.3) is 0 Å². The highest BCUT2D eigenvalue weighted by molar-refractivity contribution is 7.47. The van der Waals surface area contributed by atoms with Gasteiger partial charge in [-0.1, -0.05) is 90.4 Å². The number of hydrogen-bond acceptors (Lipinski definition) is 7. The summed E-state index contributed by atoms with van der Waals surface area (Å²) in [6.07, 6.45) is 16.6. The first-order valence-corrected chi connectivity index (χ1v) is 16.1. The van der Waals surface area contributed by atoms with Crippen LogP contribution < -0.4 is 0 Å². The minimum Gasteiger partial charge on any atom is -0.457 e. The lowest BCUT2D eigenvalue weighted by Crippen LogP contribution is -2.37. The normalized spacial score (nSPS) is 14.3. The van der Waals surface area contributed by atoms with Crippen molar-refractivity contribution in [3.05, 3.63) is 0 Å². The van der Waals surface area contributed by atoms with Crippen molar-refractivity contribution in [2.45, 2.75) is 116 Å². The van der Waals surface area contributed by atoms with Gasteiger partial charge in [-0.3, -0.25) is 18.6 Å². The van der Waals surface area contributed by atoms with Gasteiger partial charge in [-0.2, -0.15) is 0 Å². The maximum Gasteiger partial charge on any atom is 0.472 e. The van der Waals surface area contributed by atoms with Crippen LogP contribution in [0.15, 0.2) is 0 Å². The standard InChI is InChI=1S/C28H56NO8P/c1-6-7-8-9-10-11-12-13-14-15-16-17-18-19-21-34-24-27(37-28(31)23-26(2)30)25-36-38(32,33)35-22-20-29(3,4)5/h27H,6-25H2,1-5H3/p+1. The number of rotatable bonds is 27. The second kappa shape index (κ2) is 22.9. The molecule has 0 aromatic heterocycles. The highest BCUT2D eigenvalue weighted by atomic mass is 31.2. The molecule has 0 radical (unpaired) electrons. The molecule has 0 spiro atoms. The lowest BCUT2D eigenvalue weighted by atomic mass is 10.0. The number of ketones is 1. The second-order valence-electron chi connectivity index (χ2n) is 11.3. The number of Topliss-reactive ketones (excluding diaryl/α,β-unsaturated/α-hetero) is 1. The van der Waals surface area contributed by atoms with E-state index in [0.717, 1.165) is 12.8 Å². The van der Waals surface area contributed by atoms with Gasteiger partial charge in [-0.05, 0) is 13.3 Å². The topological polar surface area (TPSA) is 108 Å². The summed E-state index contributed by atoms with van der Waals surface area (Å²) in [6, 6.07) is 0. The lowest BCUT2D eigenvalue weighted by Gasteiger charge is -2.24. The molecule has 38 heavy (non-hydrogen) atoms. The van der Waals surface area contributed by atoms with Crippen molar-refractivity contribution in [1.29, 1.82) is 0 Å². The Morgan fingerprint density at radius 2 is 1.26 bits per heavy atom. The van der Waals surface area contributed by atoms with E-state index in [1.807, 2.05) is 21.1 Å². The zero-order chi connectivity index (χ0) is 28.7. The first-order chi connectivity index (χ1) is 17.9. The molecule has 0 aromatic carbocycles. The van der Waals surface area contributed by atoms with Crippen LogP contribution in [0.3, 0.4) is 0 Å². The SMILES string of the molecule is CCCCCCCCCCCCCCCCOCC(COP(=O)(O)OCC[N+](C)(C)C)OC(=O)CC(C)=O. The van der Waals surface area contributed by atoms with Crippen LogP contribution in [0, 0.1) is 0 Å². The molecule has 0 aliphatic heterocycles. The highest BCUT2D eigenvalue weighted by Gasteiger charge is 2.26. The zero-order valence-electron chi connectivity index (χ0n) is 24.9. The quantitative estimate of drug-likeness (QED) is 0.0411. The van der Waals surface area contributed by atoms with Crippen LogP contribution in [-0.2, 0) is 32.7 Å². The molecule has 2 unspecified atom stereocenters. The molecule has 0 fully saturated rings. The molecular weight excluding hydrogens is 509 g/mol. The van der Waals surface area contributed by atoms with Crippen LogP contribution in [0.1, 0.15) is 110 Å². The van der Waals surface area contributed by atoms with E-state index >= 15 is 0 Å². The molecule has 10 heteroatoms. The Hall–Kier alpha value is -0.830. The summed E-state index contributed by atoms with van der Waals surface area (Å²) in [6.45, 7) is 4.26. The Morgan fingerprint density at radius 3 is 1.74 bits per heavy atom. The van der Waals surface area contributed by atoms with E-state index in [1.54, 1.807) is 0 Å². The summed E-state index contributed by atoms with van der Waals surface area (Å²) in [5.41, 5.74) is 0. The van der Waals surface area contributed by atoms with Gasteiger partial charge < -0.3 is 18.9 Å². The van der Waals surface area contributed by atoms with Crippen molar-refractivity contribution < 1.29 is 42.1 Å². The molecule has 1 N–H and O–H groups in total. The molecule has 0 aliphatic carbocycles. The fraction of sp³-hybridized carbons (Fsp3) is 0.929. The molecule has 0 heterocycles. The van der Waals surface area contributed by atoms with E-state index < -0.39 is 19.9 Å². The minimum atomic E-state index is -4.30. The fourth-order valence-corrected chi connectivity index (χ4v) is 4.55. The van der Waals surface area contributed by atoms with Crippen LogP contribution >= 0.6 is 7.82 Å². The Balaban J connectivity index is 4.06. The van der Waals surface area contributed by atoms with Crippen molar-refractivity contribution in [3.63, 3.8) is 0 Å². The number of quaternary nitrogens is 1. The van der Waals surface area contributed by atoms with Crippen molar-refractivity contribution in [3.8, 4) is 0 Å². The predicted molar refractivity (Wildman–Crippen MR) is 151 cm³/mol. The van der Waals surface area contributed by atoms with Gasteiger partial charge >= 0.3 is 13.8 Å². The summed E-state index contributed by atoms with van der Waals surface area (Å²) in [7, 11) is 1.51. The summed E-state index contributed by atoms with van der Waals surface area (Å²) in [5.74, 6) is -1.04. The largest absolute Gasteiger partial charge is 0.472 e. The minimum absolute atomic E-state index is 0.0149. The Bertz CT molecular complexity index is 653. The van der Waals surface area contributed by atoms with Crippen molar-refractivity contribution in [2.75, 3.05) is 54.1 Å². The van der Waals surface area contributed by atoms with E-state index in [-0.39, 0.29) is 32.0 Å². The molecular formula is C28H57NO8P+. The lowest BCUT2D eigenvalue weighted by molar-refractivity contribution is -0.870. The van der Waals surface area contributed by atoms with Crippen molar-refractivity contribution in [1.82, 2.24) is 0 Å². The number of ether oxygens (including phenoxy) is 2. The average molecular weight is 567 g/mol. The van der Waals surface area contributed by atoms with Crippen LogP contribution in [-0.4, -0.2) is 81.3 Å². The van der Waals surface area contributed by atoms with Crippen LogP contribution in [0.2, 0.25) is 0 Å². The van der Waals surface area contributed by atoms with Gasteiger partial charge in [-0.15, -0.1) is 0 Å². The molecule has 0 amide bonds. The van der Waals surface area contributed by atoms with E-state index in [0.29, 0.717) is 17.6 Å². The Kier molecular flexibility index (Phi) is 22.4. The third-order valence-corrected chi connectivity index (χ3v) is 7.06. The van der Waals surface area contributed by atoms with Gasteiger partial charge in [0.05, 0.1) is 34.4 Å². The molecule has 0 bridgehead atoms. The maximum absolute atomic E-state index is 12.2. The molecule has 226 valence electrons. The van der Waals surface area contributed by atoms with E-state index in [9.17, 15) is 19.0 Å². The number of hydrogen-bond donors (Lipinski definition) is 1. The zero-order valence-corrected chi connectivity index (χ0v) is 25.8. The number of carbonyl (C=O) groups is 2. The molecule has 0 aromatic rings. The molecule has 0 aliphatic rings. The van der Waals surface area contributed by atoms with Gasteiger partial charge in [-0.25, -0.2) is 4.57 Å². The second-order valence-corrected chi connectivity index (χ2v) is 12.7. The van der Waals surface area contributed by atoms with E-state index in [2.05, 4.69) is 6.92 Å². The Morgan fingerprint density at radius 1 is 0.763 bits per heavy atom. The van der Waals surface area contributed by atoms with Crippen molar-refractivity contribution >= 4 is 19.6 Å². The smallest absolute Gasteiger partial charge is 0.457 e. The monoisotopic (exact) mass is 566 g/mol. The molecule has 2 atom stereocenters. The Labute approximate surface area is 232 Å². The fourth-order valence-electron chi connectivity index (χ4n) is 3.81. The number of unbranched alkanes of at least 4 members (excludes halogenated alkanes) is 13. The summed E-state index contributed by atoms with van der Waals surface area (Å²) in [5, 5.41) is 0. The number of phosphoric ester groups is 1. The van der Waals surface area contributed by atoms with E-state index in [4.69, 9.17) is 18.5 Å². The van der Waals surface area contributed by atoms with Gasteiger partial charge in [0, 0.05) is 6.61 Å². The number of nitrogens with zero attached hydrogens (tertiary/aromatic N) is 1. The highest BCUT2D eigenvalue weighted by Crippen LogP contribution is 2.43. The van der Waals surface area contributed by atoms with Crippen molar-refractivity contribution in [2.24, 2.45) is 0 Å². The maximum atomic E-state index is 12.2. The molecule has 0 rings (SSSR count). The predicted octanol–water partition coefficient (Wildman–Crippen LogP) is 6.22. The number of likely N-dealkylation sites (N-methyl/N-ethyl adjacent to an activating group) is 1. The first-order valence-electron chi connectivity index (χ1n) is 14.6. The van der Waals surface area contributed by atoms with Gasteiger partial charge in [0.1, 0.15) is 31.5 Å². The molecule has 0 saturated carbocycles. The number of esters is 1. The summed E-state index contributed by atoms with van der Waals surface area (Å²) in [4.78, 5) is 33.0. The molecule has 0 saturated heterocycles. The first kappa shape index (κ1) is 37.2. The third-order valence-electron chi connectivity index (χ3n) is 6.08. The van der Waals surface area contributed by atoms with Gasteiger partial charge in [0.2, 0.25) is 0 Å². The number of carbonyl (C=O) groups excluding carboxylic acids is 2. The van der Waals surface area contributed by atoms with Crippen LogP contribution in [0.25, 0.3) is 0 Å². The van der Waals surface area contributed by atoms with Crippen LogP contribution in [0.4, 0.5) is 0 Å². The number of phosphoric acid groups is 1. The molecule has 9 nitrogen and oxygen atoms in total.